The molecule has 1 fully saturated rings. The van der Waals surface area contributed by atoms with E-state index in [0.717, 1.165) is 12.3 Å². The van der Waals surface area contributed by atoms with E-state index in [2.05, 4.69) is 39.5 Å². The van der Waals surface area contributed by atoms with E-state index >= 15 is 0 Å². The summed E-state index contributed by atoms with van der Waals surface area (Å²) in [6.45, 7) is 9.10. The summed E-state index contributed by atoms with van der Waals surface area (Å²) in [5.41, 5.74) is 5.31. The summed E-state index contributed by atoms with van der Waals surface area (Å²) in [6, 6.07) is 0. The molecule has 1 rings (SSSR count). The second kappa shape index (κ2) is 2.87. The molecule has 1 unspecified atom stereocenters. The van der Waals surface area contributed by atoms with Crippen LogP contribution in [0, 0.1) is 11.3 Å². The molecular formula is C11H18. The Labute approximate surface area is 70.0 Å². The van der Waals surface area contributed by atoms with Gasteiger partial charge >= 0.3 is 0 Å². The summed E-state index contributed by atoms with van der Waals surface area (Å²) in [4.78, 5) is 0. The fourth-order valence-electron chi connectivity index (χ4n) is 1.46. The Bertz CT molecular complexity index is 202. The van der Waals surface area contributed by atoms with Crippen molar-refractivity contribution in [1.82, 2.24) is 0 Å². The highest BCUT2D eigenvalue weighted by Gasteiger charge is 2.39. The molecule has 1 aliphatic rings. The van der Waals surface area contributed by atoms with Crippen molar-refractivity contribution >= 4 is 0 Å². The highest BCUT2D eigenvalue weighted by molar-refractivity contribution is 5.22. The van der Waals surface area contributed by atoms with Gasteiger partial charge in [-0.3, -0.25) is 0 Å². The van der Waals surface area contributed by atoms with Crippen LogP contribution in [-0.2, 0) is 0 Å². The van der Waals surface area contributed by atoms with Crippen molar-refractivity contribution in [3.05, 3.63) is 17.4 Å². The molecule has 0 N–H and O–H groups in total. The van der Waals surface area contributed by atoms with Crippen LogP contribution in [0.5, 0.6) is 0 Å². The van der Waals surface area contributed by atoms with Crippen molar-refractivity contribution < 1.29 is 0 Å². The highest BCUT2D eigenvalue weighted by atomic mass is 14.4. The Kier molecular flexibility index (Phi) is 2.25. The summed E-state index contributed by atoms with van der Waals surface area (Å²) in [6.07, 6.45) is 4.50. The highest BCUT2D eigenvalue weighted by Crippen LogP contribution is 2.49. The molecule has 0 spiro atoms. The molecule has 0 bridgehead atoms. The third kappa shape index (κ3) is 1.41. The van der Waals surface area contributed by atoms with E-state index in [1.165, 1.54) is 12.0 Å². The Hall–Kier alpha value is -0.480. The van der Waals surface area contributed by atoms with Crippen molar-refractivity contribution in [3.8, 4) is 0 Å². The molecule has 0 aromatic rings. The third-order valence-electron chi connectivity index (χ3n) is 3.00. The van der Waals surface area contributed by atoms with Gasteiger partial charge in [-0.2, -0.15) is 0 Å². The van der Waals surface area contributed by atoms with E-state index in [4.69, 9.17) is 0 Å². The first-order chi connectivity index (χ1) is 5.09. The minimum absolute atomic E-state index is 0.422. The van der Waals surface area contributed by atoms with Gasteiger partial charge in [0.2, 0.25) is 0 Å². The van der Waals surface area contributed by atoms with Crippen LogP contribution in [0.4, 0.5) is 0 Å². The van der Waals surface area contributed by atoms with Crippen LogP contribution in [-0.4, -0.2) is 0 Å². The zero-order valence-corrected chi connectivity index (χ0v) is 8.07. The third-order valence-corrected chi connectivity index (χ3v) is 3.00. The summed E-state index contributed by atoms with van der Waals surface area (Å²) in [5, 5.41) is 0. The molecule has 1 aliphatic carbocycles. The lowest BCUT2D eigenvalue weighted by Gasteiger charge is -2.44. The van der Waals surface area contributed by atoms with E-state index in [-0.39, 0.29) is 0 Å². The molecule has 1 atom stereocenters. The molecule has 0 amide bonds. The molecular weight excluding hydrogens is 132 g/mol. The summed E-state index contributed by atoms with van der Waals surface area (Å²) in [7, 11) is 0. The maximum absolute atomic E-state index is 3.38. The quantitative estimate of drug-likeness (QED) is 0.501. The van der Waals surface area contributed by atoms with Crippen molar-refractivity contribution in [2.75, 3.05) is 0 Å². The maximum Gasteiger partial charge on any atom is -0.00400 e. The topological polar surface area (TPSA) is 0 Å². The predicted octanol–water partition coefficient (Wildman–Crippen LogP) is 3.54. The molecule has 0 nitrogen and oxygen atoms in total. The van der Waals surface area contributed by atoms with Crippen LogP contribution in [0.2, 0.25) is 0 Å². The normalized spacial score (nSPS) is 27.3. The van der Waals surface area contributed by atoms with E-state index in [1.54, 1.807) is 0 Å². The first kappa shape index (κ1) is 8.62. The average molecular weight is 150 g/mol. The van der Waals surface area contributed by atoms with Gasteiger partial charge in [0, 0.05) is 0 Å². The number of hydrogen-bond donors (Lipinski definition) is 0. The summed E-state index contributed by atoms with van der Waals surface area (Å²) >= 11 is 0. The van der Waals surface area contributed by atoms with Crippen LogP contribution in [0.15, 0.2) is 17.4 Å². The van der Waals surface area contributed by atoms with Gasteiger partial charge in [-0.05, 0) is 35.8 Å². The predicted molar refractivity (Wildman–Crippen MR) is 49.4 cm³/mol. The minimum atomic E-state index is 0.422. The van der Waals surface area contributed by atoms with Gasteiger partial charge < -0.3 is 0 Å². The molecule has 11 heavy (non-hydrogen) atoms. The molecule has 0 heterocycles. The molecule has 0 aromatic carbocycles. The molecule has 1 saturated carbocycles. The zero-order chi connectivity index (χ0) is 8.48. The van der Waals surface area contributed by atoms with Crippen LogP contribution >= 0.6 is 0 Å². The first-order valence-corrected chi connectivity index (χ1v) is 4.53. The van der Waals surface area contributed by atoms with Crippen molar-refractivity contribution in [2.24, 2.45) is 11.3 Å². The second-order valence-electron chi connectivity index (χ2n) is 4.06. The number of rotatable bonds is 1. The lowest BCUT2D eigenvalue weighted by atomic mass is 9.60. The average Bonchev–Trinajstić information content (AvgIpc) is 1.97. The molecule has 0 saturated heterocycles. The van der Waals surface area contributed by atoms with Gasteiger partial charge in [0.05, 0.1) is 0 Å². The Morgan fingerprint density at radius 1 is 1.64 bits per heavy atom. The minimum Gasteiger partial charge on any atom is -0.126 e. The molecule has 0 radical (unpaired) electrons. The van der Waals surface area contributed by atoms with E-state index in [0.29, 0.717) is 5.41 Å². The maximum atomic E-state index is 3.38. The largest absolute Gasteiger partial charge is 0.126 e. The van der Waals surface area contributed by atoms with Crippen LogP contribution in [0.25, 0.3) is 0 Å². The number of hydrogen-bond acceptors (Lipinski definition) is 0. The van der Waals surface area contributed by atoms with Crippen LogP contribution in [0.3, 0.4) is 0 Å². The second-order valence-corrected chi connectivity index (χ2v) is 4.06. The SMILES string of the molecule is CCC=C=C1CC(C)C1(C)C. The van der Waals surface area contributed by atoms with E-state index in [9.17, 15) is 0 Å². The van der Waals surface area contributed by atoms with Crippen molar-refractivity contribution in [1.29, 1.82) is 0 Å². The van der Waals surface area contributed by atoms with Gasteiger partial charge in [-0.15, -0.1) is 5.73 Å². The molecule has 0 aliphatic heterocycles. The van der Waals surface area contributed by atoms with Gasteiger partial charge in [0.15, 0.2) is 0 Å². The Morgan fingerprint density at radius 3 is 2.64 bits per heavy atom. The van der Waals surface area contributed by atoms with E-state index < -0.39 is 0 Å². The smallest absolute Gasteiger partial charge is 0.00400 e. The lowest BCUT2D eigenvalue weighted by Crippen LogP contribution is -2.34. The van der Waals surface area contributed by atoms with E-state index in [1.807, 2.05) is 0 Å². The molecule has 62 valence electrons. The van der Waals surface area contributed by atoms with Crippen molar-refractivity contribution in [2.45, 2.75) is 40.5 Å². The van der Waals surface area contributed by atoms with Gasteiger partial charge in [-0.25, -0.2) is 0 Å². The standard InChI is InChI=1S/C11H18/c1-5-6-7-10-8-9(2)11(10,3)4/h6,9H,5,8H2,1-4H3. The van der Waals surface area contributed by atoms with Crippen LogP contribution in [0.1, 0.15) is 40.5 Å². The van der Waals surface area contributed by atoms with Crippen molar-refractivity contribution in [3.63, 3.8) is 0 Å². The lowest BCUT2D eigenvalue weighted by molar-refractivity contribution is 0.187. The van der Waals surface area contributed by atoms with Gasteiger partial charge in [0.1, 0.15) is 0 Å². The molecule has 0 aromatic heterocycles. The first-order valence-electron chi connectivity index (χ1n) is 4.53. The van der Waals surface area contributed by atoms with Gasteiger partial charge in [0.25, 0.3) is 0 Å². The van der Waals surface area contributed by atoms with Gasteiger partial charge in [-0.1, -0.05) is 27.7 Å². The Morgan fingerprint density at radius 2 is 2.27 bits per heavy atom. The molecule has 0 heteroatoms. The monoisotopic (exact) mass is 150 g/mol. The van der Waals surface area contributed by atoms with Crippen LogP contribution < -0.4 is 0 Å². The Balaban J connectivity index is 2.74. The number of allylic oxidation sites excluding steroid dienone is 1. The summed E-state index contributed by atoms with van der Waals surface area (Å²) < 4.78 is 0. The fraction of sp³-hybridized carbons (Fsp3) is 0.727. The fourth-order valence-corrected chi connectivity index (χ4v) is 1.46. The summed E-state index contributed by atoms with van der Waals surface area (Å²) in [5.74, 6) is 0.843. The zero-order valence-electron chi connectivity index (χ0n) is 8.07.